The second-order valence-electron chi connectivity index (χ2n) is 6.73. The van der Waals surface area contributed by atoms with Gasteiger partial charge in [-0.25, -0.2) is 0 Å². The number of hydrogen-bond acceptors (Lipinski definition) is 3. The number of carbonyl (C=O) groups is 1. The molecule has 1 saturated heterocycles. The van der Waals surface area contributed by atoms with Crippen molar-refractivity contribution in [1.82, 2.24) is 14.8 Å². The van der Waals surface area contributed by atoms with Gasteiger partial charge in [0.05, 0.1) is 0 Å². The lowest BCUT2D eigenvalue weighted by molar-refractivity contribution is 0.0648. The Morgan fingerprint density at radius 3 is 2.50 bits per heavy atom. The molecule has 0 saturated carbocycles. The van der Waals surface area contributed by atoms with Crippen molar-refractivity contribution in [1.29, 1.82) is 0 Å². The lowest BCUT2D eigenvalue weighted by atomic mass is 10.1. The second-order valence-corrected chi connectivity index (χ2v) is 6.73. The molecule has 136 valence electrons. The summed E-state index contributed by atoms with van der Waals surface area (Å²) in [4.78, 5) is 31.6. The molecule has 0 unspecified atom stereocenters. The summed E-state index contributed by atoms with van der Waals surface area (Å²) in [5.74, 6) is -0.172. The van der Waals surface area contributed by atoms with Gasteiger partial charge in [0.1, 0.15) is 5.56 Å². The van der Waals surface area contributed by atoms with E-state index in [4.69, 9.17) is 0 Å². The number of H-pyrrole nitrogens is 1. The first-order valence-corrected chi connectivity index (χ1v) is 8.98. The third-order valence-electron chi connectivity index (χ3n) is 4.86. The fraction of sp³-hybridized carbons (Fsp3) is 0.333. The van der Waals surface area contributed by atoms with Crippen LogP contribution in [0.5, 0.6) is 0 Å². The third kappa shape index (κ3) is 4.29. The Morgan fingerprint density at radius 1 is 1.12 bits per heavy atom. The number of pyridine rings is 1. The zero-order chi connectivity index (χ0) is 18.5. The minimum Gasteiger partial charge on any atom is -0.336 e. The van der Waals surface area contributed by atoms with Gasteiger partial charge in [-0.3, -0.25) is 14.5 Å². The van der Waals surface area contributed by atoms with E-state index in [2.05, 4.69) is 34.2 Å². The maximum atomic E-state index is 12.7. The Hall–Kier alpha value is -2.66. The molecule has 3 rings (SSSR count). The normalized spacial score (nSPS) is 15.5. The van der Waals surface area contributed by atoms with Gasteiger partial charge in [-0.1, -0.05) is 42.5 Å². The average molecular weight is 351 g/mol. The number of hydrogen-bond donors (Lipinski definition) is 1. The minimum atomic E-state index is -0.300. The van der Waals surface area contributed by atoms with E-state index in [9.17, 15) is 9.59 Å². The molecule has 1 aromatic carbocycles. The number of aryl methyl sites for hydroxylation is 2. The van der Waals surface area contributed by atoms with Crippen LogP contribution in [0.4, 0.5) is 0 Å². The molecule has 2 heterocycles. The monoisotopic (exact) mass is 351 g/mol. The van der Waals surface area contributed by atoms with Gasteiger partial charge in [0.15, 0.2) is 0 Å². The Kier molecular flexibility index (Phi) is 5.68. The number of nitrogens with one attached hydrogen (secondary N) is 1. The lowest BCUT2D eigenvalue weighted by Gasteiger charge is -2.34. The van der Waals surface area contributed by atoms with E-state index < -0.39 is 0 Å². The Morgan fingerprint density at radius 2 is 1.81 bits per heavy atom. The third-order valence-corrected chi connectivity index (χ3v) is 4.86. The van der Waals surface area contributed by atoms with E-state index in [1.54, 1.807) is 11.0 Å². The molecule has 0 spiro atoms. The Bertz CT molecular complexity index is 847. The average Bonchev–Trinajstić information content (AvgIpc) is 2.66. The van der Waals surface area contributed by atoms with Crippen molar-refractivity contribution in [2.45, 2.75) is 13.8 Å². The molecule has 5 nitrogen and oxygen atoms in total. The molecule has 0 atom stereocenters. The van der Waals surface area contributed by atoms with Crippen LogP contribution >= 0.6 is 0 Å². The van der Waals surface area contributed by atoms with Gasteiger partial charge in [0.2, 0.25) is 0 Å². The molecular formula is C21H25N3O2. The molecule has 1 fully saturated rings. The first-order chi connectivity index (χ1) is 12.5. The quantitative estimate of drug-likeness (QED) is 0.921. The zero-order valence-electron chi connectivity index (χ0n) is 15.4. The van der Waals surface area contributed by atoms with Gasteiger partial charge < -0.3 is 9.88 Å². The van der Waals surface area contributed by atoms with Crippen molar-refractivity contribution in [2.24, 2.45) is 0 Å². The van der Waals surface area contributed by atoms with Crippen molar-refractivity contribution in [2.75, 3.05) is 32.7 Å². The van der Waals surface area contributed by atoms with Crippen molar-refractivity contribution in [3.8, 4) is 0 Å². The maximum absolute atomic E-state index is 12.7. The molecule has 0 radical (unpaired) electrons. The van der Waals surface area contributed by atoms with Crippen LogP contribution in [0, 0.1) is 13.8 Å². The summed E-state index contributed by atoms with van der Waals surface area (Å²) in [6.07, 6.45) is 4.27. The fourth-order valence-electron chi connectivity index (χ4n) is 3.09. The molecule has 1 amide bonds. The number of carbonyl (C=O) groups excluding carboxylic acids is 1. The SMILES string of the molecule is Cc1cc(C(=O)N2CCN(C/C=C/c3ccccc3)CC2)c(=O)[nH]c1C. The van der Waals surface area contributed by atoms with Gasteiger partial charge in [0.25, 0.3) is 11.5 Å². The van der Waals surface area contributed by atoms with E-state index in [-0.39, 0.29) is 17.0 Å². The van der Waals surface area contributed by atoms with E-state index in [1.165, 1.54) is 5.56 Å². The number of amides is 1. The molecule has 1 N–H and O–H groups in total. The predicted octanol–water partition coefficient (Wildman–Crippen LogP) is 2.46. The molecule has 2 aromatic rings. The van der Waals surface area contributed by atoms with Crippen molar-refractivity contribution >= 4 is 12.0 Å². The summed E-state index contributed by atoms with van der Waals surface area (Å²) in [6.45, 7) is 7.52. The molecule has 1 aromatic heterocycles. The maximum Gasteiger partial charge on any atom is 0.261 e. The zero-order valence-corrected chi connectivity index (χ0v) is 15.4. The summed E-state index contributed by atoms with van der Waals surface area (Å²) in [5, 5.41) is 0. The fourth-order valence-corrected chi connectivity index (χ4v) is 3.09. The van der Waals surface area contributed by atoms with Gasteiger partial charge in [-0.05, 0) is 31.0 Å². The molecule has 26 heavy (non-hydrogen) atoms. The van der Waals surface area contributed by atoms with E-state index in [0.29, 0.717) is 13.1 Å². The molecule has 5 heteroatoms. The minimum absolute atomic E-state index is 0.172. The molecule has 1 aliphatic rings. The summed E-state index contributed by atoms with van der Waals surface area (Å²) >= 11 is 0. The highest BCUT2D eigenvalue weighted by atomic mass is 16.2. The van der Waals surface area contributed by atoms with Gasteiger partial charge in [-0.2, -0.15) is 0 Å². The van der Waals surface area contributed by atoms with Crippen LogP contribution in [0.2, 0.25) is 0 Å². The van der Waals surface area contributed by atoms with Crippen LogP contribution in [0.3, 0.4) is 0 Å². The summed E-state index contributed by atoms with van der Waals surface area (Å²) in [5.41, 5.74) is 2.87. The van der Waals surface area contributed by atoms with E-state index in [1.807, 2.05) is 32.0 Å². The van der Waals surface area contributed by atoms with Crippen LogP contribution in [0.25, 0.3) is 6.08 Å². The Balaban J connectivity index is 1.55. The Labute approximate surface area is 154 Å². The van der Waals surface area contributed by atoms with Crippen molar-refractivity contribution in [3.63, 3.8) is 0 Å². The number of aromatic amines is 1. The number of rotatable bonds is 4. The van der Waals surface area contributed by atoms with E-state index >= 15 is 0 Å². The van der Waals surface area contributed by atoms with Crippen LogP contribution in [-0.2, 0) is 0 Å². The topological polar surface area (TPSA) is 56.4 Å². The van der Waals surface area contributed by atoms with Crippen LogP contribution in [-0.4, -0.2) is 53.4 Å². The van der Waals surface area contributed by atoms with Crippen molar-refractivity contribution < 1.29 is 4.79 Å². The highest BCUT2D eigenvalue weighted by molar-refractivity contribution is 5.94. The van der Waals surface area contributed by atoms with Gasteiger partial charge >= 0.3 is 0 Å². The second kappa shape index (κ2) is 8.15. The first kappa shape index (κ1) is 18.1. The molecule has 0 bridgehead atoms. The number of benzene rings is 1. The van der Waals surface area contributed by atoms with Crippen LogP contribution in [0.15, 0.2) is 47.3 Å². The number of piperazine rings is 1. The molecule has 0 aliphatic carbocycles. The predicted molar refractivity (Wildman–Crippen MR) is 104 cm³/mol. The highest BCUT2D eigenvalue weighted by Crippen LogP contribution is 2.09. The van der Waals surface area contributed by atoms with Gasteiger partial charge in [0, 0.05) is 38.4 Å². The summed E-state index contributed by atoms with van der Waals surface area (Å²) in [6, 6.07) is 11.9. The smallest absolute Gasteiger partial charge is 0.261 e. The summed E-state index contributed by atoms with van der Waals surface area (Å²) < 4.78 is 0. The van der Waals surface area contributed by atoms with Crippen LogP contribution in [0.1, 0.15) is 27.2 Å². The first-order valence-electron chi connectivity index (χ1n) is 8.98. The highest BCUT2D eigenvalue weighted by Gasteiger charge is 2.23. The van der Waals surface area contributed by atoms with Crippen molar-refractivity contribution in [3.05, 3.63) is 75.2 Å². The lowest BCUT2D eigenvalue weighted by Crippen LogP contribution is -2.49. The largest absolute Gasteiger partial charge is 0.336 e. The standard InChI is InChI=1S/C21H25N3O2/c1-16-15-19(20(25)22-17(16)2)21(26)24-13-11-23(12-14-24)10-6-9-18-7-4-3-5-8-18/h3-9,15H,10-14H2,1-2H3,(H,22,25)/b9-6+. The van der Waals surface area contributed by atoms with E-state index in [0.717, 1.165) is 30.9 Å². The van der Waals surface area contributed by atoms with Gasteiger partial charge in [-0.15, -0.1) is 0 Å². The summed E-state index contributed by atoms with van der Waals surface area (Å²) in [7, 11) is 0. The number of nitrogens with zero attached hydrogens (tertiary/aromatic N) is 2. The molecule has 1 aliphatic heterocycles. The molecular weight excluding hydrogens is 326 g/mol. The van der Waals surface area contributed by atoms with Crippen LogP contribution < -0.4 is 5.56 Å². The number of aromatic nitrogens is 1.